The molecule has 0 aromatic heterocycles. The Labute approximate surface area is 142 Å². The van der Waals surface area contributed by atoms with Crippen LogP contribution in [0.3, 0.4) is 0 Å². The molecule has 0 aromatic carbocycles. The average Bonchev–Trinajstić information content (AvgIpc) is 0. The molecule has 0 atom stereocenters. The summed E-state index contributed by atoms with van der Waals surface area (Å²) in [6.45, 7) is 0. The topological polar surface area (TPSA) is 200 Å². The Bertz CT molecular complexity index is 23.4. The summed E-state index contributed by atoms with van der Waals surface area (Å²) in [5, 5.41) is 0. The normalized spacial score (nSPS) is 0. The minimum absolute atomic E-state index is 0. The van der Waals surface area contributed by atoms with Gasteiger partial charge in [-0.25, -0.2) is 0 Å². The van der Waals surface area contributed by atoms with Crippen LogP contribution in [0.4, 0.5) is 0 Å². The van der Waals surface area contributed by atoms with Gasteiger partial charge in [0.25, 0.3) is 0 Å². The van der Waals surface area contributed by atoms with Gasteiger partial charge in [0.1, 0.15) is 0 Å². The van der Waals surface area contributed by atoms with Crippen molar-refractivity contribution in [2.24, 2.45) is 0 Å². The largest absolute Gasteiger partial charge is 4.00 e. The van der Waals surface area contributed by atoms with Crippen LogP contribution in [0.25, 0.3) is 0 Å². The van der Waals surface area contributed by atoms with E-state index in [0.29, 0.717) is 0 Å². The third-order valence-electron chi connectivity index (χ3n) is 0. The zero-order valence-electron chi connectivity index (χ0n) is 5.52. The zero-order chi connectivity index (χ0) is 0. The molecule has 1 radical (unpaired) electrons. The molecule has 0 bridgehead atoms. The summed E-state index contributed by atoms with van der Waals surface area (Å²) in [5.74, 6) is 0. The third kappa shape index (κ3) is 194. The molecular formula is CuGaInO7SnZn. The molecule has 0 fully saturated rings. The first-order valence-electron chi connectivity index (χ1n) is 0. The van der Waals surface area contributed by atoms with Crippen LogP contribution in [-0.4, -0.2) is 69.5 Å². The van der Waals surface area contributed by atoms with Gasteiger partial charge in [-0.1, -0.05) is 0 Å². The molecule has 7 nitrogen and oxygen atoms in total. The smallest absolute Gasteiger partial charge is 2.00 e. The molecular weight excluding hydrogens is 544 g/mol. The monoisotopic (exact) mass is 543 g/mol. The summed E-state index contributed by atoms with van der Waals surface area (Å²) in [6, 6.07) is 0. The fourth-order valence-corrected chi connectivity index (χ4v) is 0. The minimum atomic E-state index is 0. The maximum Gasteiger partial charge on any atom is 4.00 e. The quantitative estimate of drug-likeness (QED) is 0.305. The standard InChI is InChI=1S/Cu.Ga.In.7O.Sn.Zn/q+2;2*+3;7*-2;+4;+2. The van der Waals surface area contributed by atoms with Crippen LogP contribution in [0.1, 0.15) is 0 Å². The van der Waals surface area contributed by atoms with Crippen LogP contribution in [-0.2, 0) is 74.9 Å². The van der Waals surface area contributed by atoms with Crippen LogP contribution >= 0.6 is 0 Å². The second kappa shape index (κ2) is 245. The van der Waals surface area contributed by atoms with Crippen molar-refractivity contribution in [3.8, 4) is 0 Å². The van der Waals surface area contributed by atoms with Crippen LogP contribution in [0.5, 0.6) is 0 Å². The molecule has 0 saturated carbocycles. The van der Waals surface area contributed by atoms with Gasteiger partial charge in [-0.3, -0.25) is 0 Å². The van der Waals surface area contributed by atoms with Crippen molar-refractivity contribution < 1.29 is 74.9 Å². The Balaban J connectivity index is 0. The van der Waals surface area contributed by atoms with Crippen molar-refractivity contribution in [1.82, 2.24) is 0 Å². The van der Waals surface area contributed by atoms with Crippen molar-refractivity contribution in [1.29, 1.82) is 0 Å². The fourth-order valence-electron chi connectivity index (χ4n) is 0. The average molecular weight is 544 g/mol. The predicted molar refractivity (Wildman–Crippen MR) is 22.1 cm³/mol. The van der Waals surface area contributed by atoms with E-state index in [1.165, 1.54) is 0 Å². The zero-order valence-corrected chi connectivity index (χ0v) is 18.0. The van der Waals surface area contributed by atoms with Gasteiger partial charge in [0, 0.05) is 0 Å². The first-order valence-corrected chi connectivity index (χ1v) is 0. The number of rotatable bonds is 0. The maximum atomic E-state index is 0. The Kier molecular flexibility index (Phi) is 6190. The minimum Gasteiger partial charge on any atom is -2.00 e. The van der Waals surface area contributed by atoms with Crippen molar-refractivity contribution in [3.63, 3.8) is 0 Å². The molecule has 0 unspecified atom stereocenters. The summed E-state index contributed by atoms with van der Waals surface area (Å²) in [4.78, 5) is 0. The molecule has 0 rings (SSSR count). The SMILES string of the molecule is [Cu+2].[Ga+3].[In+3].[O-2].[O-2].[O-2].[O-2].[O-2].[O-2].[O-2].[Sn+4].[Zn+2]. The van der Waals surface area contributed by atoms with Gasteiger partial charge in [-0.05, 0) is 0 Å². The van der Waals surface area contributed by atoms with E-state index in [4.69, 9.17) is 0 Å². The summed E-state index contributed by atoms with van der Waals surface area (Å²) in [6.07, 6.45) is 0. The van der Waals surface area contributed by atoms with E-state index in [-0.39, 0.29) is 144 Å². The van der Waals surface area contributed by atoms with Gasteiger partial charge in [0.2, 0.25) is 0 Å². The molecule has 0 heterocycles. The first kappa shape index (κ1) is 303. The Morgan fingerprint density at radius 3 is 0.500 bits per heavy atom. The first-order chi connectivity index (χ1) is 0. The molecule has 0 aliphatic heterocycles. The van der Waals surface area contributed by atoms with Gasteiger partial charge in [-0.15, -0.1) is 0 Å². The summed E-state index contributed by atoms with van der Waals surface area (Å²) >= 11 is 0. The number of hydrogen-bond acceptors (Lipinski definition) is 0. The van der Waals surface area contributed by atoms with Crippen LogP contribution in [0.2, 0.25) is 0 Å². The van der Waals surface area contributed by atoms with Crippen LogP contribution in [0.15, 0.2) is 0 Å². The van der Waals surface area contributed by atoms with Crippen molar-refractivity contribution in [2.45, 2.75) is 0 Å². The summed E-state index contributed by atoms with van der Waals surface area (Å²) < 4.78 is 0. The molecule has 12 heavy (non-hydrogen) atoms. The molecule has 0 amide bonds. The van der Waals surface area contributed by atoms with E-state index in [9.17, 15) is 0 Å². The van der Waals surface area contributed by atoms with Gasteiger partial charge >= 0.3 is 106 Å². The Morgan fingerprint density at radius 1 is 0.500 bits per heavy atom. The second-order valence-corrected chi connectivity index (χ2v) is 0. The summed E-state index contributed by atoms with van der Waals surface area (Å²) in [7, 11) is 0. The van der Waals surface area contributed by atoms with Crippen LogP contribution in [0, 0.1) is 0 Å². The molecule has 0 N–H and O–H groups in total. The van der Waals surface area contributed by atoms with E-state index in [1.807, 2.05) is 0 Å². The van der Waals surface area contributed by atoms with Crippen molar-refractivity contribution in [2.75, 3.05) is 0 Å². The molecule has 0 spiro atoms. The van der Waals surface area contributed by atoms with Crippen LogP contribution < -0.4 is 0 Å². The Morgan fingerprint density at radius 2 is 0.500 bits per heavy atom. The van der Waals surface area contributed by atoms with Gasteiger partial charge < -0.3 is 38.3 Å². The molecule has 0 aliphatic rings. The van der Waals surface area contributed by atoms with Crippen molar-refractivity contribution >= 4 is 69.5 Å². The fraction of sp³-hybridized carbons (Fsp3) is 0. The van der Waals surface area contributed by atoms with E-state index < -0.39 is 0 Å². The van der Waals surface area contributed by atoms with Gasteiger partial charge in [0.15, 0.2) is 0 Å². The van der Waals surface area contributed by atoms with E-state index >= 15 is 0 Å². The summed E-state index contributed by atoms with van der Waals surface area (Å²) in [5.41, 5.74) is 0. The molecule has 12 heteroatoms. The van der Waals surface area contributed by atoms with E-state index in [1.54, 1.807) is 0 Å². The maximum absolute atomic E-state index is 0. The van der Waals surface area contributed by atoms with E-state index in [2.05, 4.69) is 0 Å². The molecule has 0 saturated heterocycles. The number of hydrogen-bond donors (Lipinski definition) is 0. The Hall–Kier alpha value is 3.17. The molecule has 0 aromatic rings. The van der Waals surface area contributed by atoms with Gasteiger partial charge in [0.05, 0.1) is 0 Å². The van der Waals surface area contributed by atoms with E-state index in [0.717, 1.165) is 0 Å². The molecule has 0 aliphatic carbocycles. The van der Waals surface area contributed by atoms with Crippen molar-refractivity contribution in [3.05, 3.63) is 0 Å². The van der Waals surface area contributed by atoms with Gasteiger partial charge in [-0.2, -0.15) is 0 Å². The molecule has 65 valence electrons. The predicted octanol–water partition coefficient (Wildman–Crippen LogP) is -1.98. The third-order valence-corrected chi connectivity index (χ3v) is 0. The second-order valence-electron chi connectivity index (χ2n) is 0.